The first kappa shape index (κ1) is 4.59. The van der Waals surface area contributed by atoms with Gasteiger partial charge in [-0.2, -0.15) is 0 Å². The maximum Gasteiger partial charge on any atom is 0.534 e. The van der Waals surface area contributed by atoms with Crippen molar-refractivity contribution >= 4 is 5.97 Å². The van der Waals surface area contributed by atoms with E-state index in [0.717, 1.165) is 0 Å². The van der Waals surface area contributed by atoms with Gasteiger partial charge in [0.15, 0.2) is 6.04 Å². The fourth-order valence-corrected chi connectivity index (χ4v) is 0.530. The average Bonchev–Trinajstić information content (AvgIpc) is 2.17. The summed E-state index contributed by atoms with van der Waals surface area (Å²) in [6, 6.07) is 0.102. The lowest BCUT2D eigenvalue weighted by molar-refractivity contribution is -0.136. The predicted molar refractivity (Wildman–Crippen MR) is 25.0 cm³/mol. The molecule has 1 fully saturated rings. The number of hydrogen-bond donors (Lipinski definition) is 1. The van der Waals surface area contributed by atoms with Crippen molar-refractivity contribution < 1.29 is 9.90 Å². The molecule has 40 valence electrons. The van der Waals surface area contributed by atoms with E-state index in [9.17, 15) is 4.79 Å². The van der Waals surface area contributed by atoms with Gasteiger partial charge in [0.25, 0.3) is 0 Å². The molecule has 0 amide bonds. The standard InChI is InChI=1S/C4H7NO2/c1-2-3(5-2)4(6)7/h2-3,5H,1H3,(H,6,7)/p+1. The van der Waals surface area contributed by atoms with Crippen LogP contribution in [0.15, 0.2) is 0 Å². The van der Waals surface area contributed by atoms with E-state index < -0.39 is 5.97 Å². The number of nitrogens with one attached hydrogen (secondary N) is 1. The Morgan fingerprint density at radius 2 is 2.29 bits per heavy atom. The average molecular weight is 102 g/mol. The summed E-state index contributed by atoms with van der Waals surface area (Å²) in [5.74, 6) is -0.493. The third-order valence-corrected chi connectivity index (χ3v) is 1.12. The summed E-state index contributed by atoms with van der Waals surface area (Å²) in [6.07, 6.45) is 0. The molecule has 7 heavy (non-hydrogen) atoms. The molecular formula is C4H8NO2+. The van der Waals surface area contributed by atoms with E-state index in [1.807, 2.05) is 6.92 Å². The molecule has 0 bridgehead atoms. The number of carbonyl (C=O) groups excluding carboxylic acids is 1. The van der Waals surface area contributed by atoms with Gasteiger partial charge in [-0.3, -0.25) is 5.32 Å². The SMILES string of the molecule is CC1NC1C(=O)[OH2+]. The van der Waals surface area contributed by atoms with Crippen LogP contribution in [0.3, 0.4) is 0 Å². The smallest absolute Gasteiger partial charge is 0.534 e. The summed E-state index contributed by atoms with van der Waals surface area (Å²) in [5, 5.41) is 9.32. The zero-order valence-corrected chi connectivity index (χ0v) is 4.06. The molecule has 3 heteroatoms. The summed E-state index contributed by atoms with van der Waals surface area (Å²) in [5.41, 5.74) is 0. The lowest BCUT2D eigenvalue weighted by Gasteiger charge is -1.69. The lowest BCUT2D eigenvalue weighted by atomic mass is 10.4. The first-order valence-electron chi connectivity index (χ1n) is 2.23. The first-order valence-corrected chi connectivity index (χ1v) is 2.23. The van der Waals surface area contributed by atoms with E-state index in [1.165, 1.54) is 0 Å². The van der Waals surface area contributed by atoms with Crippen LogP contribution in [0.4, 0.5) is 0 Å². The van der Waals surface area contributed by atoms with Gasteiger partial charge in [0, 0.05) is 10.8 Å². The minimum atomic E-state index is -0.493. The van der Waals surface area contributed by atoms with Gasteiger partial charge in [0.05, 0.1) is 0 Å². The van der Waals surface area contributed by atoms with Gasteiger partial charge in [-0.05, 0) is 6.92 Å². The van der Waals surface area contributed by atoms with Gasteiger partial charge in [-0.1, -0.05) is 0 Å². The molecule has 1 heterocycles. The summed E-state index contributed by atoms with van der Waals surface area (Å²) in [7, 11) is 0. The fraction of sp³-hybridized carbons (Fsp3) is 0.750. The Morgan fingerprint density at radius 1 is 1.86 bits per heavy atom. The molecule has 0 saturated carbocycles. The topological polar surface area (TPSA) is 61.9 Å². The van der Waals surface area contributed by atoms with Crippen LogP contribution < -0.4 is 5.32 Å². The van der Waals surface area contributed by atoms with Crippen LogP contribution in [0.1, 0.15) is 6.92 Å². The van der Waals surface area contributed by atoms with E-state index in [0.29, 0.717) is 0 Å². The van der Waals surface area contributed by atoms with E-state index in [4.69, 9.17) is 5.11 Å². The molecule has 0 aromatic carbocycles. The van der Waals surface area contributed by atoms with Crippen LogP contribution in [0.5, 0.6) is 0 Å². The Labute approximate surface area is 41.3 Å². The van der Waals surface area contributed by atoms with Crippen LogP contribution in [-0.2, 0) is 4.79 Å². The van der Waals surface area contributed by atoms with Gasteiger partial charge >= 0.3 is 5.97 Å². The quantitative estimate of drug-likeness (QED) is 0.327. The van der Waals surface area contributed by atoms with Gasteiger partial charge in [-0.15, -0.1) is 0 Å². The number of carbonyl (C=O) groups is 1. The predicted octanol–water partition coefficient (Wildman–Crippen LogP) is -1.40. The molecule has 0 aliphatic carbocycles. The van der Waals surface area contributed by atoms with E-state index in [2.05, 4.69) is 5.32 Å². The molecule has 2 atom stereocenters. The Kier molecular flexibility index (Phi) is 0.785. The minimum absolute atomic E-state index is 0.153. The largest absolute Gasteiger partial charge is 0.563 e. The zero-order valence-electron chi connectivity index (χ0n) is 4.06. The molecule has 1 aliphatic heterocycles. The minimum Gasteiger partial charge on any atom is -0.563 e. The third kappa shape index (κ3) is 0.718. The molecule has 1 aliphatic rings. The van der Waals surface area contributed by atoms with Crippen molar-refractivity contribution in [2.45, 2.75) is 19.0 Å². The Bertz CT molecular complexity index is 102. The molecule has 2 unspecified atom stereocenters. The van der Waals surface area contributed by atoms with Gasteiger partial charge in [0.2, 0.25) is 0 Å². The second-order valence-corrected chi connectivity index (χ2v) is 1.80. The van der Waals surface area contributed by atoms with Crippen molar-refractivity contribution in [3.8, 4) is 0 Å². The summed E-state index contributed by atoms with van der Waals surface area (Å²) < 4.78 is 0. The second-order valence-electron chi connectivity index (χ2n) is 1.80. The van der Waals surface area contributed by atoms with Crippen molar-refractivity contribution in [3.63, 3.8) is 0 Å². The Hall–Kier alpha value is -0.570. The van der Waals surface area contributed by atoms with Crippen LogP contribution in [0.2, 0.25) is 0 Å². The highest BCUT2D eigenvalue weighted by atomic mass is 16.4. The van der Waals surface area contributed by atoms with Crippen LogP contribution in [0.25, 0.3) is 0 Å². The first-order chi connectivity index (χ1) is 3.22. The third-order valence-electron chi connectivity index (χ3n) is 1.12. The fourth-order valence-electron chi connectivity index (χ4n) is 0.530. The van der Waals surface area contributed by atoms with Gasteiger partial charge < -0.3 is 5.11 Å². The van der Waals surface area contributed by atoms with Crippen LogP contribution in [0, 0.1) is 0 Å². The second kappa shape index (κ2) is 1.20. The summed E-state index contributed by atoms with van der Waals surface area (Å²) in [4.78, 5) is 10.0. The van der Waals surface area contributed by atoms with E-state index in [1.54, 1.807) is 0 Å². The zero-order chi connectivity index (χ0) is 5.44. The molecule has 0 radical (unpaired) electrons. The van der Waals surface area contributed by atoms with Crippen LogP contribution in [-0.4, -0.2) is 23.2 Å². The molecular weight excluding hydrogens is 94.0 g/mol. The Balaban J connectivity index is 2.33. The normalized spacial score (nSPS) is 37.9. The molecule has 0 spiro atoms. The molecule has 3 nitrogen and oxygen atoms in total. The molecule has 1 saturated heterocycles. The number of rotatable bonds is 1. The van der Waals surface area contributed by atoms with E-state index in [-0.39, 0.29) is 12.1 Å². The van der Waals surface area contributed by atoms with Gasteiger partial charge in [-0.25, -0.2) is 0 Å². The highest BCUT2D eigenvalue weighted by Crippen LogP contribution is 2.07. The molecule has 1 rings (SSSR count). The van der Waals surface area contributed by atoms with Crippen molar-refractivity contribution in [2.75, 3.05) is 0 Å². The summed E-state index contributed by atoms with van der Waals surface area (Å²) in [6.45, 7) is 1.89. The highest BCUT2D eigenvalue weighted by molar-refractivity contribution is 5.77. The monoisotopic (exact) mass is 102 g/mol. The molecule has 0 aromatic heterocycles. The molecule has 0 aromatic rings. The van der Waals surface area contributed by atoms with Crippen molar-refractivity contribution in [3.05, 3.63) is 0 Å². The van der Waals surface area contributed by atoms with Crippen molar-refractivity contribution in [1.82, 2.24) is 5.32 Å². The number of hydrogen-bond acceptors (Lipinski definition) is 2. The maximum absolute atomic E-state index is 10.0. The van der Waals surface area contributed by atoms with Gasteiger partial charge in [0.1, 0.15) is 0 Å². The molecule has 3 N–H and O–H groups in total. The lowest BCUT2D eigenvalue weighted by Crippen LogP contribution is -2.07. The maximum atomic E-state index is 10.0. The van der Waals surface area contributed by atoms with Crippen molar-refractivity contribution in [2.24, 2.45) is 0 Å². The van der Waals surface area contributed by atoms with Crippen LogP contribution >= 0.6 is 0 Å². The van der Waals surface area contributed by atoms with E-state index >= 15 is 0 Å². The summed E-state index contributed by atoms with van der Waals surface area (Å²) >= 11 is 0. The Morgan fingerprint density at radius 3 is 2.29 bits per heavy atom. The van der Waals surface area contributed by atoms with Crippen molar-refractivity contribution in [1.29, 1.82) is 0 Å². The highest BCUT2D eigenvalue weighted by Gasteiger charge is 2.44.